The first-order valence-electron chi connectivity index (χ1n) is 7.68. The molecule has 0 atom stereocenters. The molecule has 0 unspecified atom stereocenters. The Kier molecular flexibility index (Phi) is 4.46. The lowest BCUT2D eigenvalue weighted by atomic mass is 10.2. The van der Waals surface area contributed by atoms with Crippen LogP contribution >= 0.6 is 0 Å². The molecule has 2 aromatic rings. The van der Waals surface area contributed by atoms with Crippen LogP contribution in [0.3, 0.4) is 0 Å². The summed E-state index contributed by atoms with van der Waals surface area (Å²) in [6.45, 7) is 2.63. The van der Waals surface area contributed by atoms with Gasteiger partial charge in [-0.15, -0.1) is 13.2 Å². The van der Waals surface area contributed by atoms with E-state index in [0.717, 1.165) is 18.5 Å². The molecule has 1 aromatic heterocycles. The molecule has 1 heterocycles. The fraction of sp³-hybridized carbons (Fsp3) is 0.375. The topological polar surface area (TPSA) is 59.1 Å². The Morgan fingerprint density at radius 3 is 2.67 bits per heavy atom. The number of halogens is 3. The minimum Gasteiger partial charge on any atom is -0.406 e. The summed E-state index contributed by atoms with van der Waals surface area (Å²) >= 11 is 0. The van der Waals surface area contributed by atoms with Crippen LogP contribution in [0.15, 0.2) is 30.3 Å². The van der Waals surface area contributed by atoms with Crippen molar-refractivity contribution >= 4 is 17.5 Å². The molecule has 3 rings (SSSR count). The third-order valence-electron chi connectivity index (χ3n) is 3.42. The molecule has 24 heavy (non-hydrogen) atoms. The van der Waals surface area contributed by atoms with E-state index >= 15 is 0 Å². The Balaban J connectivity index is 1.81. The number of hydrogen-bond donors (Lipinski definition) is 2. The SMILES string of the molecule is CCNc1nc(Nc2cccc(OC(F)(F)F)c2)cc(C2CC2)n1. The van der Waals surface area contributed by atoms with Gasteiger partial charge in [0.2, 0.25) is 5.95 Å². The van der Waals surface area contributed by atoms with Crippen LogP contribution in [0.25, 0.3) is 0 Å². The maximum absolute atomic E-state index is 12.3. The lowest BCUT2D eigenvalue weighted by Gasteiger charge is -2.12. The first-order chi connectivity index (χ1) is 11.4. The molecule has 1 aromatic carbocycles. The second-order valence-electron chi connectivity index (χ2n) is 5.51. The minimum atomic E-state index is -4.72. The summed E-state index contributed by atoms with van der Waals surface area (Å²) in [5.41, 5.74) is 1.39. The predicted molar refractivity (Wildman–Crippen MR) is 84.6 cm³/mol. The summed E-state index contributed by atoms with van der Waals surface area (Å²) in [6, 6.07) is 7.49. The summed E-state index contributed by atoms with van der Waals surface area (Å²) in [5.74, 6) is 1.20. The zero-order valence-corrected chi connectivity index (χ0v) is 13.0. The standard InChI is InChI=1S/C16H17F3N4O/c1-2-20-15-22-13(10-6-7-10)9-14(23-15)21-11-4-3-5-12(8-11)24-16(17,18)19/h3-5,8-10H,2,6-7H2,1H3,(H2,20,21,22,23). The molecule has 0 saturated heterocycles. The second kappa shape index (κ2) is 6.54. The van der Waals surface area contributed by atoms with E-state index in [0.29, 0.717) is 29.9 Å². The summed E-state index contributed by atoms with van der Waals surface area (Å²) in [7, 11) is 0. The van der Waals surface area contributed by atoms with Crippen LogP contribution in [-0.2, 0) is 0 Å². The van der Waals surface area contributed by atoms with Crippen molar-refractivity contribution in [2.75, 3.05) is 17.2 Å². The van der Waals surface area contributed by atoms with Crippen LogP contribution in [0.1, 0.15) is 31.4 Å². The quantitative estimate of drug-likeness (QED) is 0.816. The molecule has 5 nitrogen and oxygen atoms in total. The molecule has 128 valence electrons. The number of benzene rings is 1. The van der Waals surface area contributed by atoms with Gasteiger partial charge in [-0.25, -0.2) is 4.98 Å². The number of nitrogens with one attached hydrogen (secondary N) is 2. The molecule has 0 radical (unpaired) electrons. The Hall–Kier alpha value is -2.51. The Morgan fingerprint density at radius 1 is 1.21 bits per heavy atom. The second-order valence-corrected chi connectivity index (χ2v) is 5.51. The Morgan fingerprint density at radius 2 is 2.00 bits per heavy atom. The van der Waals surface area contributed by atoms with E-state index in [-0.39, 0.29) is 5.75 Å². The highest BCUT2D eigenvalue weighted by Gasteiger charge is 2.31. The van der Waals surface area contributed by atoms with Crippen LogP contribution in [0.4, 0.5) is 30.6 Å². The number of rotatable bonds is 6. The van der Waals surface area contributed by atoms with Gasteiger partial charge in [0, 0.05) is 30.3 Å². The van der Waals surface area contributed by atoms with Crippen molar-refractivity contribution in [2.24, 2.45) is 0 Å². The van der Waals surface area contributed by atoms with Gasteiger partial charge in [0.25, 0.3) is 0 Å². The highest BCUT2D eigenvalue weighted by atomic mass is 19.4. The Bertz CT molecular complexity index is 717. The molecule has 1 aliphatic carbocycles. The number of hydrogen-bond acceptors (Lipinski definition) is 5. The zero-order valence-electron chi connectivity index (χ0n) is 13.0. The molecule has 0 aliphatic heterocycles. The molecule has 0 spiro atoms. The summed E-state index contributed by atoms with van der Waals surface area (Å²) < 4.78 is 40.9. The normalized spacial score (nSPS) is 14.3. The average molecular weight is 338 g/mol. The Labute approximate surface area is 137 Å². The fourth-order valence-electron chi connectivity index (χ4n) is 2.27. The van der Waals surface area contributed by atoms with E-state index in [1.165, 1.54) is 18.2 Å². The summed E-state index contributed by atoms with van der Waals surface area (Å²) in [5, 5.41) is 6.08. The first-order valence-corrected chi connectivity index (χ1v) is 7.68. The molecule has 1 saturated carbocycles. The van der Waals surface area contributed by atoms with Crippen molar-refractivity contribution in [3.63, 3.8) is 0 Å². The van der Waals surface area contributed by atoms with E-state index in [9.17, 15) is 13.2 Å². The van der Waals surface area contributed by atoms with Crippen molar-refractivity contribution in [3.8, 4) is 5.75 Å². The van der Waals surface area contributed by atoms with Gasteiger partial charge in [0.15, 0.2) is 0 Å². The molecule has 0 bridgehead atoms. The lowest BCUT2D eigenvalue weighted by molar-refractivity contribution is -0.274. The van der Waals surface area contributed by atoms with E-state index in [4.69, 9.17) is 0 Å². The van der Waals surface area contributed by atoms with E-state index in [1.807, 2.05) is 13.0 Å². The molecule has 1 fully saturated rings. The van der Waals surface area contributed by atoms with Gasteiger partial charge in [-0.05, 0) is 31.9 Å². The van der Waals surface area contributed by atoms with Gasteiger partial charge < -0.3 is 15.4 Å². The average Bonchev–Trinajstić information content (AvgIpc) is 3.30. The minimum absolute atomic E-state index is 0.282. The number of nitrogens with zero attached hydrogens (tertiary/aromatic N) is 2. The molecule has 0 amide bonds. The van der Waals surface area contributed by atoms with Crippen molar-refractivity contribution in [2.45, 2.75) is 32.0 Å². The van der Waals surface area contributed by atoms with Gasteiger partial charge in [-0.1, -0.05) is 6.07 Å². The van der Waals surface area contributed by atoms with Crippen LogP contribution in [0.2, 0.25) is 0 Å². The van der Waals surface area contributed by atoms with Gasteiger partial charge in [0.05, 0.1) is 5.69 Å². The maximum Gasteiger partial charge on any atom is 0.573 e. The van der Waals surface area contributed by atoms with Gasteiger partial charge in [0.1, 0.15) is 11.6 Å². The van der Waals surface area contributed by atoms with Crippen LogP contribution in [0.5, 0.6) is 5.75 Å². The number of anilines is 3. The van der Waals surface area contributed by atoms with Gasteiger partial charge in [-0.2, -0.15) is 4.98 Å². The van der Waals surface area contributed by atoms with E-state index in [1.54, 1.807) is 6.07 Å². The van der Waals surface area contributed by atoms with Crippen molar-refractivity contribution in [1.82, 2.24) is 9.97 Å². The van der Waals surface area contributed by atoms with Crippen molar-refractivity contribution in [1.29, 1.82) is 0 Å². The van der Waals surface area contributed by atoms with E-state index in [2.05, 4.69) is 25.3 Å². The van der Waals surface area contributed by atoms with Gasteiger partial charge in [-0.3, -0.25) is 0 Å². The molecular weight excluding hydrogens is 321 g/mol. The van der Waals surface area contributed by atoms with Gasteiger partial charge >= 0.3 is 6.36 Å². The van der Waals surface area contributed by atoms with Crippen LogP contribution in [0, 0.1) is 0 Å². The number of alkyl halides is 3. The van der Waals surface area contributed by atoms with Crippen molar-refractivity contribution < 1.29 is 17.9 Å². The largest absolute Gasteiger partial charge is 0.573 e. The summed E-state index contributed by atoms with van der Waals surface area (Å²) in [6.07, 6.45) is -2.53. The highest BCUT2D eigenvalue weighted by molar-refractivity contribution is 5.59. The molecule has 1 aliphatic rings. The molecule has 2 N–H and O–H groups in total. The van der Waals surface area contributed by atoms with E-state index < -0.39 is 6.36 Å². The van der Waals surface area contributed by atoms with Crippen molar-refractivity contribution in [3.05, 3.63) is 36.0 Å². The highest BCUT2D eigenvalue weighted by Crippen LogP contribution is 2.40. The lowest BCUT2D eigenvalue weighted by Crippen LogP contribution is -2.17. The molecule has 8 heteroatoms. The smallest absolute Gasteiger partial charge is 0.406 e. The summed E-state index contributed by atoms with van der Waals surface area (Å²) in [4.78, 5) is 8.79. The first kappa shape index (κ1) is 16.4. The maximum atomic E-state index is 12.3. The van der Waals surface area contributed by atoms with Crippen LogP contribution < -0.4 is 15.4 Å². The number of ether oxygens (including phenoxy) is 1. The third kappa shape index (κ3) is 4.50. The van der Waals surface area contributed by atoms with Crippen LogP contribution in [-0.4, -0.2) is 22.9 Å². The molecular formula is C16H17F3N4O. The number of aromatic nitrogens is 2. The third-order valence-corrected chi connectivity index (χ3v) is 3.42. The monoisotopic (exact) mass is 338 g/mol. The fourth-order valence-corrected chi connectivity index (χ4v) is 2.27. The zero-order chi connectivity index (χ0) is 17.2. The predicted octanol–water partition coefficient (Wildman–Crippen LogP) is 4.43.